The molecule has 1 aromatic heterocycles. The summed E-state index contributed by atoms with van der Waals surface area (Å²) < 4.78 is 6.75. The standard InChI is InChI=1S/C30H31N3O4/c1-30(2,3)37-29(36)25(19-20-33-28(35)24-11-7-8-12-26(24)31-32-33)27(34)18-15-21-13-16-23(17-14-21)22-9-5-4-6-10-22/h4-14,16-17,25H,15,18-20H2,1-3H3. The summed E-state index contributed by atoms with van der Waals surface area (Å²) in [5.74, 6) is -1.80. The lowest BCUT2D eigenvalue weighted by molar-refractivity contribution is -0.162. The van der Waals surface area contributed by atoms with Crippen LogP contribution in [0.3, 0.4) is 0 Å². The highest BCUT2D eigenvalue weighted by atomic mass is 16.6. The van der Waals surface area contributed by atoms with E-state index in [9.17, 15) is 14.4 Å². The van der Waals surface area contributed by atoms with Crippen molar-refractivity contribution >= 4 is 22.7 Å². The van der Waals surface area contributed by atoms with Crippen molar-refractivity contribution in [3.05, 3.63) is 94.8 Å². The van der Waals surface area contributed by atoms with Gasteiger partial charge in [0.15, 0.2) is 0 Å². The van der Waals surface area contributed by atoms with Gasteiger partial charge in [-0.3, -0.25) is 14.4 Å². The second kappa shape index (κ2) is 11.3. The number of carbonyl (C=O) groups excluding carboxylic acids is 2. The number of fused-ring (bicyclic) bond motifs is 1. The highest BCUT2D eigenvalue weighted by Gasteiger charge is 2.31. The van der Waals surface area contributed by atoms with Crippen LogP contribution in [0.2, 0.25) is 0 Å². The van der Waals surface area contributed by atoms with Gasteiger partial charge < -0.3 is 4.74 Å². The fourth-order valence-electron chi connectivity index (χ4n) is 4.14. The molecular formula is C30H31N3O4. The second-order valence-electron chi connectivity index (χ2n) is 10.0. The van der Waals surface area contributed by atoms with Crippen LogP contribution >= 0.6 is 0 Å². The number of esters is 1. The first-order chi connectivity index (χ1) is 17.7. The van der Waals surface area contributed by atoms with Crippen molar-refractivity contribution in [2.75, 3.05) is 0 Å². The summed E-state index contributed by atoms with van der Waals surface area (Å²) in [6.07, 6.45) is 0.795. The zero-order valence-corrected chi connectivity index (χ0v) is 21.4. The van der Waals surface area contributed by atoms with Crippen LogP contribution in [0.1, 0.15) is 39.2 Å². The Bertz CT molecular complexity index is 1440. The zero-order chi connectivity index (χ0) is 26.4. The summed E-state index contributed by atoms with van der Waals surface area (Å²) in [5.41, 5.74) is 2.70. The molecule has 0 radical (unpaired) electrons. The van der Waals surface area contributed by atoms with Crippen molar-refractivity contribution in [1.29, 1.82) is 0 Å². The molecule has 1 heterocycles. The number of rotatable bonds is 9. The molecule has 7 nitrogen and oxygen atoms in total. The fourth-order valence-corrected chi connectivity index (χ4v) is 4.14. The summed E-state index contributed by atoms with van der Waals surface area (Å²) in [6.45, 7) is 5.37. The smallest absolute Gasteiger partial charge is 0.317 e. The van der Waals surface area contributed by atoms with Gasteiger partial charge in [0.2, 0.25) is 0 Å². The first-order valence-electron chi connectivity index (χ1n) is 12.4. The Morgan fingerprint density at radius 1 is 0.892 bits per heavy atom. The number of Topliss-reactive ketones (excluding diaryl/α,β-unsaturated/α-hetero) is 1. The van der Waals surface area contributed by atoms with E-state index >= 15 is 0 Å². The van der Waals surface area contributed by atoms with E-state index in [0.29, 0.717) is 17.3 Å². The lowest BCUT2D eigenvalue weighted by Gasteiger charge is -2.23. The van der Waals surface area contributed by atoms with Gasteiger partial charge in [-0.2, -0.15) is 0 Å². The van der Waals surface area contributed by atoms with Crippen molar-refractivity contribution in [1.82, 2.24) is 15.0 Å². The van der Waals surface area contributed by atoms with Crippen LogP contribution in [0.4, 0.5) is 0 Å². The largest absolute Gasteiger partial charge is 0.459 e. The molecule has 0 N–H and O–H groups in total. The SMILES string of the molecule is CC(C)(C)OC(=O)C(CCn1nnc2ccccc2c1=O)C(=O)CCc1ccc(-c2ccccc2)cc1. The van der Waals surface area contributed by atoms with Crippen molar-refractivity contribution in [2.24, 2.45) is 5.92 Å². The molecule has 1 unspecified atom stereocenters. The number of aryl methyl sites for hydroxylation is 2. The molecule has 7 heteroatoms. The Kier molecular flexibility index (Phi) is 7.92. The van der Waals surface area contributed by atoms with Gasteiger partial charge in [-0.15, -0.1) is 5.10 Å². The average molecular weight is 498 g/mol. The summed E-state index contributed by atoms with van der Waals surface area (Å²) in [4.78, 5) is 39.0. The summed E-state index contributed by atoms with van der Waals surface area (Å²) >= 11 is 0. The molecule has 37 heavy (non-hydrogen) atoms. The monoisotopic (exact) mass is 497 g/mol. The third-order valence-corrected chi connectivity index (χ3v) is 6.06. The maximum absolute atomic E-state index is 13.2. The molecular weight excluding hydrogens is 466 g/mol. The van der Waals surface area contributed by atoms with E-state index in [2.05, 4.69) is 22.4 Å². The molecule has 1 atom stereocenters. The predicted octanol–water partition coefficient (Wildman–Crippen LogP) is 5.01. The van der Waals surface area contributed by atoms with Gasteiger partial charge in [0.25, 0.3) is 5.56 Å². The van der Waals surface area contributed by atoms with Crippen molar-refractivity contribution in [3.8, 4) is 11.1 Å². The molecule has 0 saturated carbocycles. The van der Waals surface area contributed by atoms with Gasteiger partial charge >= 0.3 is 5.97 Å². The minimum absolute atomic E-state index is 0.0814. The highest BCUT2D eigenvalue weighted by molar-refractivity contribution is 5.99. The predicted molar refractivity (Wildman–Crippen MR) is 143 cm³/mol. The summed E-state index contributed by atoms with van der Waals surface area (Å²) in [6, 6.07) is 25.1. The van der Waals surface area contributed by atoms with E-state index in [1.807, 2.05) is 42.5 Å². The van der Waals surface area contributed by atoms with Crippen LogP contribution in [-0.4, -0.2) is 32.3 Å². The van der Waals surface area contributed by atoms with E-state index in [0.717, 1.165) is 16.7 Å². The Balaban J connectivity index is 1.46. The fraction of sp³-hybridized carbons (Fsp3) is 0.300. The Labute approximate surface area is 216 Å². The maximum atomic E-state index is 13.2. The Hall–Kier alpha value is -4.13. The molecule has 0 aliphatic rings. The molecule has 0 aliphatic carbocycles. The van der Waals surface area contributed by atoms with Crippen molar-refractivity contribution in [2.45, 2.75) is 52.2 Å². The molecule has 0 saturated heterocycles. The topological polar surface area (TPSA) is 91.2 Å². The van der Waals surface area contributed by atoms with Crippen molar-refractivity contribution < 1.29 is 14.3 Å². The number of carbonyl (C=O) groups is 2. The lowest BCUT2D eigenvalue weighted by Crippen LogP contribution is -2.35. The van der Waals surface area contributed by atoms with Crippen LogP contribution in [0, 0.1) is 5.92 Å². The molecule has 0 spiro atoms. The number of aromatic nitrogens is 3. The van der Waals surface area contributed by atoms with E-state index < -0.39 is 17.5 Å². The quantitative estimate of drug-likeness (QED) is 0.239. The molecule has 4 rings (SSSR count). The van der Waals surface area contributed by atoms with E-state index in [1.165, 1.54) is 4.68 Å². The number of ether oxygens (including phenoxy) is 1. The number of ketones is 1. The molecule has 0 fully saturated rings. The molecule has 3 aromatic carbocycles. The minimum atomic E-state index is -0.997. The highest BCUT2D eigenvalue weighted by Crippen LogP contribution is 2.21. The average Bonchev–Trinajstić information content (AvgIpc) is 2.88. The number of hydrogen-bond donors (Lipinski definition) is 0. The van der Waals surface area contributed by atoms with E-state index in [4.69, 9.17) is 4.74 Å². The van der Waals surface area contributed by atoms with Crippen LogP contribution in [0.15, 0.2) is 83.7 Å². The summed E-state index contributed by atoms with van der Waals surface area (Å²) in [7, 11) is 0. The van der Waals surface area contributed by atoms with Gasteiger partial charge in [-0.25, -0.2) is 4.68 Å². The molecule has 190 valence electrons. The number of hydrogen-bond acceptors (Lipinski definition) is 6. The molecule has 0 aliphatic heterocycles. The van der Waals surface area contributed by atoms with Crippen molar-refractivity contribution in [3.63, 3.8) is 0 Å². The first kappa shape index (κ1) is 25.9. The molecule has 4 aromatic rings. The molecule has 0 bridgehead atoms. The molecule has 0 amide bonds. The van der Waals surface area contributed by atoms with Gasteiger partial charge in [0.05, 0.1) is 5.39 Å². The van der Waals surface area contributed by atoms with Gasteiger partial charge in [0.1, 0.15) is 22.8 Å². The van der Waals surface area contributed by atoms with Gasteiger partial charge in [-0.05, 0) is 62.4 Å². The second-order valence-corrected chi connectivity index (χ2v) is 10.0. The van der Waals surface area contributed by atoms with E-state index in [1.54, 1.807) is 45.0 Å². The van der Waals surface area contributed by atoms with Crippen LogP contribution in [0.25, 0.3) is 22.0 Å². The maximum Gasteiger partial charge on any atom is 0.317 e. The third kappa shape index (κ3) is 6.76. The normalized spacial score (nSPS) is 12.3. The zero-order valence-electron chi connectivity index (χ0n) is 21.4. The van der Waals surface area contributed by atoms with Gasteiger partial charge in [-0.1, -0.05) is 71.9 Å². The number of benzene rings is 3. The van der Waals surface area contributed by atoms with Crippen LogP contribution in [0.5, 0.6) is 0 Å². The van der Waals surface area contributed by atoms with Crippen LogP contribution in [-0.2, 0) is 27.3 Å². The number of nitrogens with zero attached hydrogens (tertiary/aromatic N) is 3. The lowest BCUT2D eigenvalue weighted by atomic mass is 9.94. The Morgan fingerprint density at radius 2 is 1.54 bits per heavy atom. The Morgan fingerprint density at radius 3 is 2.24 bits per heavy atom. The third-order valence-electron chi connectivity index (χ3n) is 6.06. The van der Waals surface area contributed by atoms with E-state index in [-0.39, 0.29) is 30.7 Å². The first-order valence-corrected chi connectivity index (χ1v) is 12.4. The van der Waals surface area contributed by atoms with Gasteiger partial charge in [0, 0.05) is 13.0 Å². The van der Waals surface area contributed by atoms with Crippen LogP contribution < -0.4 is 5.56 Å². The summed E-state index contributed by atoms with van der Waals surface area (Å²) in [5, 5.41) is 8.52. The minimum Gasteiger partial charge on any atom is -0.459 e.